The van der Waals surface area contributed by atoms with Crippen LogP contribution < -0.4 is 14.8 Å². The summed E-state index contributed by atoms with van der Waals surface area (Å²) in [5, 5.41) is 13.9. The van der Waals surface area contributed by atoms with E-state index in [1.54, 1.807) is 32.8 Å². The molecule has 10 heteroatoms. The van der Waals surface area contributed by atoms with E-state index in [1.807, 2.05) is 29.7 Å². The van der Waals surface area contributed by atoms with E-state index in [2.05, 4.69) is 10.3 Å². The van der Waals surface area contributed by atoms with Crippen LogP contribution in [0, 0.1) is 6.92 Å². The Balaban J connectivity index is 1.91. The zero-order valence-corrected chi connectivity index (χ0v) is 20.5. The zero-order chi connectivity index (χ0) is 24.7. The summed E-state index contributed by atoms with van der Waals surface area (Å²) in [4.78, 5) is 28.5. The van der Waals surface area contributed by atoms with Crippen LogP contribution in [0.4, 0.5) is 0 Å². The van der Waals surface area contributed by atoms with Crippen molar-refractivity contribution in [3.8, 4) is 22.9 Å². The van der Waals surface area contributed by atoms with Crippen molar-refractivity contribution in [3.63, 3.8) is 0 Å². The Morgan fingerprint density at radius 2 is 1.91 bits per heavy atom. The molecule has 2 heterocycles. The zero-order valence-electron chi connectivity index (χ0n) is 19.7. The first kappa shape index (κ1) is 25.3. The number of carbonyl (C=O) groups is 2. The number of carbonyl (C=O) groups excluding carboxylic acids is 1. The van der Waals surface area contributed by atoms with Crippen molar-refractivity contribution in [2.24, 2.45) is 0 Å². The molecule has 0 bridgehead atoms. The third kappa shape index (κ3) is 5.75. The third-order valence-electron chi connectivity index (χ3n) is 5.44. The van der Waals surface area contributed by atoms with Crippen LogP contribution in [-0.2, 0) is 17.7 Å². The van der Waals surface area contributed by atoms with Gasteiger partial charge in [-0.15, -0.1) is 11.3 Å². The number of carboxylic acid groups (broad SMARTS) is 1. The van der Waals surface area contributed by atoms with Crippen LogP contribution in [0.3, 0.4) is 0 Å². The highest BCUT2D eigenvalue weighted by Gasteiger charge is 2.21. The number of amides is 1. The maximum atomic E-state index is 12.9. The smallest absolute Gasteiger partial charge is 0.365 e. The molecule has 9 nitrogen and oxygen atoms in total. The molecule has 2 N–H and O–H groups in total. The molecule has 0 saturated carbocycles. The van der Waals surface area contributed by atoms with E-state index in [-0.39, 0.29) is 10.9 Å². The second-order valence-corrected chi connectivity index (χ2v) is 8.42. The van der Waals surface area contributed by atoms with Gasteiger partial charge in [-0.3, -0.25) is 4.79 Å². The number of benzene rings is 1. The van der Waals surface area contributed by atoms with Crippen LogP contribution in [0.2, 0.25) is 0 Å². The molecule has 182 valence electrons. The summed E-state index contributed by atoms with van der Waals surface area (Å²) < 4.78 is 17.7. The van der Waals surface area contributed by atoms with Gasteiger partial charge < -0.3 is 29.2 Å². The standard InChI is InChI=1S/C24H29N3O6S/c1-15-17(22(28)25-9-5-11-31-2)13-19(18-14-34-23(26-18)24(29)30)27(15)10-8-16-6-7-20(32-3)21(12-16)33-4/h6-7,12-14H,5,8-11H2,1-4H3,(H,25,28)(H,29,30). The lowest BCUT2D eigenvalue weighted by Gasteiger charge is -2.13. The van der Waals surface area contributed by atoms with Crippen molar-refractivity contribution >= 4 is 23.2 Å². The Bertz CT molecular complexity index is 1150. The van der Waals surface area contributed by atoms with Crippen molar-refractivity contribution in [1.29, 1.82) is 0 Å². The number of nitrogens with zero attached hydrogens (tertiary/aromatic N) is 2. The number of methoxy groups -OCH3 is 3. The fourth-order valence-electron chi connectivity index (χ4n) is 3.66. The first-order valence-corrected chi connectivity index (χ1v) is 11.6. The molecule has 2 aromatic heterocycles. The fourth-order valence-corrected chi connectivity index (χ4v) is 4.30. The quantitative estimate of drug-likeness (QED) is 0.375. The van der Waals surface area contributed by atoms with Crippen LogP contribution in [0.15, 0.2) is 29.6 Å². The second kappa shape index (κ2) is 11.7. The van der Waals surface area contributed by atoms with Gasteiger partial charge in [0.25, 0.3) is 5.91 Å². The molecule has 0 saturated heterocycles. The summed E-state index contributed by atoms with van der Waals surface area (Å²) in [7, 11) is 4.81. The van der Waals surface area contributed by atoms with Gasteiger partial charge in [-0.2, -0.15) is 0 Å². The molecular weight excluding hydrogens is 458 g/mol. The molecule has 0 aliphatic heterocycles. The van der Waals surface area contributed by atoms with Gasteiger partial charge in [0.1, 0.15) is 0 Å². The van der Waals surface area contributed by atoms with Crippen molar-refractivity contribution in [3.05, 3.63) is 51.5 Å². The van der Waals surface area contributed by atoms with Crippen molar-refractivity contribution in [2.45, 2.75) is 26.3 Å². The van der Waals surface area contributed by atoms with Gasteiger partial charge in [-0.25, -0.2) is 9.78 Å². The lowest BCUT2D eigenvalue weighted by Crippen LogP contribution is -2.25. The summed E-state index contributed by atoms with van der Waals surface area (Å²) in [6.07, 6.45) is 1.37. The molecule has 3 aromatic rings. The Morgan fingerprint density at radius 3 is 2.56 bits per heavy atom. The Kier molecular flexibility index (Phi) is 8.67. The highest BCUT2D eigenvalue weighted by Crippen LogP contribution is 2.30. The summed E-state index contributed by atoms with van der Waals surface area (Å²) in [5.41, 5.74) is 3.57. The Hall–Kier alpha value is -3.37. The molecule has 1 aromatic carbocycles. The van der Waals surface area contributed by atoms with E-state index in [0.29, 0.717) is 61.0 Å². The van der Waals surface area contributed by atoms with Gasteiger partial charge in [-0.05, 0) is 43.5 Å². The number of ether oxygens (including phenoxy) is 3. The minimum atomic E-state index is -1.08. The number of rotatable bonds is 12. The minimum Gasteiger partial charge on any atom is -0.493 e. The van der Waals surface area contributed by atoms with Crippen molar-refractivity contribution in [1.82, 2.24) is 14.9 Å². The number of hydrogen-bond acceptors (Lipinski definition) is 7. The molecule has 0 fully saturated rings. The van der Waals surface area contributed by atoms with Crippen LogP contribution in [0.5, 0.6) is 11.5 Å². The lowest BCUT2D eigenvalue weighted by atomic mass is 10.1. The first-order chi connectivity index (χ1) is 16.4. The molecule has 0 spiro atoms. The molecule has 0 atom stereocenters. The molecule has 1 amide bonds. The first-order valence-electron chi connectivity index (χ1n) is 10.8. The average Bonchev–Trinajstić information content (AvgIpc) is 3.45. The second-order valence-electron chi connectivity index (χ2n) is 7.56. The number of thiazole rings is 1. The topological polar surface area (TPSA) is 112 Å². The maximum absolute atomic E-state index is 12.9. The Labute approximate surface area is 202 Å². The van der Waals surface area contributed by atoms with Crippen LogP contribution in [-0.4, -0.2) is 61.0 Å². The summed E-state index contributed by atoms with van der Waals surface area (Å²) in [5.74, 6) is 0.0345. The predicted octanol–water partition coefficient (Wildman–Crippen LogP) is 3.64. The fraction of sp³-hybridized carbons (Fsp3) is 0.375. The minimum absolute atomic E-state index is 0.00543. The summed E-state index contributed by atoms with van der Waals surface area (Å²) >= 11 is 1.06. The van der Waals surface area contributed by atoms with Gasteiger partial charge in [0, 0.05) is 37.9 Å². The number of aryl methyl sites for hydroxylation is 1. The van der Waals surface area contributed by atoms with Gasteiger partial charge in [0.05, 0.1) is 31.2 Å². The largest absolute Gasteiger partial charge is 0.493 e. The number of nitrogens with one attached hydrogen (secondary N) is 1. The van der Waals surface area contributed by atoms with E-state index < -0.39 is 5.97 Å². The van der Waals surface area contributed by atoms with Gasteiger partial charge >= 0.3 is 5.97 Å². The van der Waals surface area contributed by atoms with Crippen molar-refractivity contribution < 1.29 is 28.9 Å². The van der Waals surface area contributed by atoms with Crippen LogP contribution in [0.1, 0.15) is 37.8 Å². The number of aromatic carboxylic acids is 1. The lowest BCUT2D eigenvalue weighted by molar-refractivity contribution is 0.0696. The third-order valence-corrected chi connectivity index (χ3v) is 6.27. The van der Waals surface area contributed by atoms with E-state index in [4.69, 9.17) is 14.2 Å². The monoisotopic (exact) mass is 487 g/mol. The van der Waals surface area contributed by atoms with Gasteiger partial charge in [0.15, 0.2) is 11.5 Å². The normalized spacial score (nSPS) is 10.8. The summed E-state index contributed by atoms with van der Waals surface area (Å²) in [6, 6.07) is 7.52. The molecule has 34 heavy (non-hydrogen) atoms. The summed E-state index contributed by atoms with van der Waals surface area (Å²) in [6.45, 7) is 3.51. The number of carboxylic acids is 1. The average molecular weight is 488 g/mol. The molecular formula is C24H29N3O6S. The maximum Gasteiger partial charge on any atom is 0.365 e. The van der Waals surface area contributed by atoms with Gasteiger partial charge in [0.2, 0.25) is 5.01 Å². The van der Waals surface area contributed by atoms with Crippen LogP contribution >= 0.6 is 11.3 Å². The van der Waals surface area contributed by atoms with Crippen LogP contribution in [0.25, 0.3) is 11.4 Å². The molecule has 3 rings (SSSR count). The van der Waals surface area contributed by atoms with E-state index in [1.165, 1.54) is 0 Å². The van der Waals surface area contributed by atoms with E-state index in [0.717, 1.165) is 22.6 Å². The number of aromatic nitrogens is 2. The molecule has 0 aliphatic carbocycles. The van der Waals surface area contributed by atoms with E-state index in [9.17, 15) is 14.7 Å². The highest BCUT2D eigenvalue weighted by molar-refractivity contribution is 7.11. The SMILES string of the molecule is COCCCNC(=O)c1cc(-c2csc(C(=O)O)n2)n(CCc2ccc(OC)c(OC)c2)c1C. The van der Waals surface area contributed by atoms with Crippen molar-refractivity contribution in [2.75, 3.05) is 34.5 Å². The molecule has 0 unspecified atom stereocenters. The van der Waals surface area contributed by atoms with Gasteiger partial charge in [-0.1, -0.05) is 6.07 Å². The highest BCUT2D eigenvalue weighted by atomic mass is 32.1. The Morgan fingerprint density at radius 1 is 1.15 bits per heavy atom. The predicted molar refractivity (Wildman–Crippen MR) is 129 cm³/mol. The molecule has 0 aliphatic rings. The number of hydrogen-bond donors (Lipinski definition) is 2. The molecule has 0 radical (unpaired) electrons. The van der Waals surface area contributed by atoms with E-state index >= 15 is 0 Å².